The number of hydrogen-bond acceptors (Lipinski definition) is 0. The minimum atomic E-state index is 0.207. The second-order valence-corrected chi connectivity index (χ2v) is 46.3. The van der Waals surface area contributed by atoms with Gasteiger partial charge in [0, 0.05) is 0 Å². The largest absolute Gasteiger partial charge is 0.0563 e. The topological polar surface area (TPSA) is 0 Å². The van der Waals surface area contributed by atoms with Crippen LogP contribution in [0.15, 0.2) is 44.6 Å². The second-order valence-electron chi connectivity index (χ2n) is 8.80. The van der Waals surface area contributed by atoms with E-state index >= 15 is 0 Å². The lowest BCUT2D eigenvalue weighted by molar-refractivity contribution is 0.791. The Kier molecular flexibility index (Phi) is 3.80. The zero-order valence-corrected chi connectivity index (χ0v) is 23.0. The van der Waals surface area contributed by atoms with Crippen LogP contribution < -0.4 is 0 Å². The highest BCUT2D eigenvalue weighted by Gasteiger charge is 2.54. The highest BCUT2D eigenvalue weighted by Crippen LogP contribution is 3.22. The van der Waals surface area contributed by atoms with E-state index in [9.17, 15) is 0 Å². The van der Waals surface area contributed by atoms with Gasteiger partial charge >= 0.3 is 0 Å². The van der Waals surface area contributed by atoms with Gasteiger partial charge in [0.15, 0.2) is 0 Å². The summed E-state index contributed by atoms with van der Waals surface area (Å²) in [6.07, 6.45) is 2.34. The fourth-order valence-corrected chi connectivity index (χ4v) is 170. The lowest BCUT2D eigenvalue weighted by Crippen LogP contribution is -2.18. The Morgan fingerprint density at radius 2 is 0.654 bits per heavy atom. The Balaban J connectivity index is 1.83. The van der Waals surface area contributed by atoms with Gasteiger partial charge in [-0.1, -0.05) is 36.1 Å². The van der Waals surface area contributed by atoms with Crippen molar-refractivity contribution in [1.82, 2.24) is 0 Å². The van der Waals surface area contributed by atoms with Crippen molar-refractivity contribution in [1.29, 1.82) is 0 Å². The van der Waals surface area contributed by atoms with Crippen LogP contribution in [0.3, 0.4) is 0 Å². The first-order valence-electron chi connectivity index (χ1n) is 9.55. The predicted octanol–water partition coefficient (Wildman–Crippen LogP) is 11.3. The summed E-state index contributed by atoms with van der Waals surface area (Å²) < 4.78 is 0. The van der Waals surface area contributed by atoms with Crippen molar-refractivity contribution in [2.45, 2.75) is 79.5 Å². The molecule has 26 heavy (non-hydrogen) atoms. The maximum atomic E-state index is 2.70. The van der Waals surface area contributed by atoms with E-state index < -0.39 is 0 Å². The summed E-state index contributed by atoms with van der Waals surface area (Å²) >= 11 is 0. The summed E-state index contributed by atoms with van der Waals surface area (Å²) in [5, 5.41) is 0.917. The normalized spacial score (nSPS) is 27.9. The van der Waals surface area contributed by atoms with Gasteiger partial charge in [-0.05, 0) is 117 Å². The van der Waals surface area contributed by atoms with Crippen molar-refractivity contribution < 1.29 is 0 Å². The first kappa shape index (κ1) is 18.8. The molecule has 0 nitrogen and oxygen atoms in total. The molecule has 0 radical (unpaired) electrons. The molecule has 0 amide bonds. The molecule has 0 aromatic carbocycles. The van der Waals surface area contributed by atoms with Gasteiger partial charge in [-0.3, -0.25) is 0 Å². The van der Waals surface area contributed by atoms with Crippen molar-refractivity contribution in [3.63, 3.8) is 0 Å². The van der Waals surface area contributed by atoms with Crippen molar-refractivity contribution in [2.75, 3.05) is 0 Å². The fourth-order valence-electron chi connectivity index (χ4n) is 5.27. The van der Waals surface area contributed by atoms with Crippen LogP contribution in [0.25, 0.3) is 0 Å². The highest BCUT2D eigenvalue weighted by molar-refractivity contribution is 9.22. The van der Waals surface area contributed by atoms with Gasteiger partial charge in [0.05, 0.1) is 10.3 Å². The second kappa shape index (κ2) is 5.27. The Morgan fingerprint density at radius 1 is 0.423 bits per heavy atom. The van der Waals surface area contributed by atoms with Crippen LogP contribution in [-0.4, -0.2) is 0 Å². The lowest BCUT2D eigenvalue weighted by atomic mass is 9.98. The van der Waals surface area contributed by atoms with Crippen molar-refractivity contribution >= 4 is 39.3 Å². The van der Waals surface area contributed by atoms with Crippen molar-refractivity contribution in [2.24, 2.45) is 0 Å². The molecule has 4 heterocycles. The number of allylic oxidation sites excluding steroid dienone is 8. The van der Waals surface area contributed by atoms with E-state index in [1.165, 1.54) is 0 Å². The molecule has 2 bridgehead atoms. The molecule has 4 aromatic heterocycles. The van der Waals surface area contributed by atoms with Crippen LogP contribution in [-0.2, 0) is 10.3 Å². The van der Waals surface area contributed by atoms with Crippen LogP contribution in [0.5, 0.6) is 0 Å². The third kappa shape index (κ3) is 1.77. The molecule has 2 atom stereocenters. The average molecular weight is 456 g/mol. The van der Waals surface area contributed by atoms with Crippen molar-refractivity contribution in [3.05, 3.63) is 44.6 Å². The maximum absolute atomic E-state index is 2.70. The molecule has 2 aliphatic carbocycles. The van der Waals surface area contributed by atoms with Gasteiger partial charge in [-0.25, -0.2) is 0 Å². The molecule has 6 heteroatoms. The van der Waals surface area contributed by atoms with Gasteiger partial charge in [0.2, 0.25) is 0 Å². The molecule has 140 valence electrons. The number of hydrogen-bond donors (Lipinski definition) is 0. The molecular weight excluding hydrogens is 426 g/mol. The molecule has 0 fully saturated rings. The lowest BCUT2D eigenvalue weighted by Gasteiger charge is -2.36. The molecule has 6 rings (SSSR count). The number of fused-ring (bicyclic) bond motifs is 1. The summed E-state index contributed by atoms with van der Waals surface area (Å²) in [4.78, 5) is 0. The van der Waals surface area contributed by atoms with Gasteiger partial charge < -0.3 is 0 Å². The molecular formula is C20H30P6. The van der Waals surface area contributed by atoms with Crippen molar-refractivity contribution in [3.8, 4) is 0 Å². The van der Waals surface area contributed by atoms with Gasteiger partial charge in [-0.15, -0.1) is 0 Å². The van der Waals surface area contributed by atoms with E-state index in [-0.39, 0.29) is 13.8 Å². The molecule has 4 aromatic rings. The minimum Gasteiger partial charge on any atom is -0.0516 e. The van der Waals surface area contributed by atoms with Crippen LogP contribution in [0.2, 0.25) is 0 Å². The zero-order chi connectivity index (χ0) is 19.1. The van der Waals surface area contributed by atoms with E-state index in [0.29, 0.717) is 35.8 Å². The fraction of sp³-hybridized carbons (Fsp3) is 0.600. The van der Waals surface area contributed by atoms with E-state index in [1.807, 2.05) is 0 Å². The molecule has 0 aliphatic heterocycles. The molecule has 0 saturated carbocycles. The zero-order valence-electron chi connectivity index (χ0n) is 17.7. The van der Waals surface area contributed by atoms with Gasteiger partial charge in [-0.2, -0.15) is 0 Å². The van der Waals surface area contributed by atoms with Gasteiger partial charge in [0.1, 0.15) is 0 Å². The van der Waals surface area contributed by atoms with Crippen LogP contribution in [0, 0.1) is 0 Å². The summed E-state index contributed by atoms with van der Waals surface area (Å²) in [7, 11) is 0. The Bertz CT molecular complexity index is 1060. The van der Waals surface area contributed by atoms with E-state index in [0.717, 1.165) is 0 Å². The van der Waals surface area contributed by atoms with E-state index in [4.69, 9.17) is 0 Å². The maximum Gasteiger partial charge on any atom is 0.0563 e. The number of rotatable bonds is 2. The third-order valence-electron chi connectivity index (χ3n) is 8.35. The third-order valence-corrected chi connectivity index (χ3v) is 88.9. The summed E-state index contributed by atoms with van der Waals surface area (Å²) in [5.41, 5.74) is 13.6. The molecule has 0 spiro atoms. The summed E-state index contributed by atoms with van der Waals surface area (Å²) in [6.45, 7) is 25.4. The molecule has 2 unspecified atom stereocenters. The smallest absolute Gasteiger partial charge is 0.0516 e. The molecule has 2 aliphatic rings. The first-order chi connectivity index (χ1) is 12.0. The van der Waals surface area contributed by atoms with Crippen LogP contribution in [0.1, 0.15) is 69.2 Å². The molecule has 0 N–H and O–H groups in total. The Labute approximate surface area is 163 Å². The van der Waals surface area contributed by atoms with Crippen LogP contribution >= 0.6 is 39.3 Å². The van der Waals surface area contributed by atoms with Crippen LogP contribution in [0.4, 0.5) is 0 Å². The van der Waals surface area contributed by atoms with E-state index in [2.05, 4.69) is 69.2 Å². The van der Waals surface area contributed by atoms with E-state index in [1.54, 1.807) is 44.6 Å². The summed E-state index contributed by atoms with van der Waals surface area (Å²) in [6, 6.07) is 0. The summed E-state index contributed by atoms with van der Waals surface area (Å²) in [5.74, 6) is 0. The standard InChI is InChI=1S/C20H30P6/c1-11-12(2)16(6)19(9,15(11)5)21-22(24-25-23(21)26(24)25)20(10)17(7)13(3)14(4)18(20)8/h1-10H3. The SMILES string of the molecule is CC1=C(C)C(C)(p2p(C3(C)C(C)=C(C)C(C)=C3C)p3p4p2p34)C(C)=C1C. The first-order valence-corrected chi connectivity index (χ1v) is 23.2. The Hall–Kier alpha value is 0.760. The highest BCUT2D eigenvalue weighted by atomic mass is 33.3. The monoisotopic (exact) mass is 456 g/mol. The Morgan fingerprint density at radius 3 is 0.885 bits per heavy atom. The average Bonchev–Trinajstić information content (AvgIpc) is 3.43. The molecule has 0 saturated heterocycles. The van der Waals surface area contributed by atoms with Gasteiger partial charge in [0.25, 0.3) is 0 Å². The minimum absolute atomic E-state index is 0.207. The predicted molar refractivity (Wildman–Crippen MR) is 132 cm³/mol. The quantitative estimate of drug-likeness (QED) is 0.360.